The van der Waals surface area contributed by atoms with Crippen LogP contribution in [0.1, 0.15) is 36.1 Å². The highest BCUT2D eigenvalue weighted by atomic mass is 16.5. The Hall–Kier alpha value is -2.34. The van der Waals surface area contributed by atoms with E-state index in [1.165, 1.54) is 0 Å². The fraction of sp³-hybridized carbons (Fsp3) is 0.444. The van der Waals surface area contributed by atoms with Crippen molar-refractivity contribution in [2.75, 3.05) is 20.2 Å². The van der Waals surface area contributed by atoms with Gasteiger partial charge in [-0.1, -0.05) is 30.3 Å². The number of likely N-dealkylation sites (tertiary alicyclic amines) is 1. The zero-order chi connectivity index (χ0) is 16.9. The third-order valence-electron chi connectivity index (χ3n) is 4.52. The largest absolute Gasteiger partial charge is 0.375 e. The summed E-state index contributed by atoms with van der Waals surface area (Å²) in [7, 11) is 3.56. The lowest BCUT2D eigenvalue weighted by Gasteiger charge is -2.25. The van der Waals surface area contributed by atoms with Crippen molar-refractivity contribution in [1.29, 1.82) is 0 Å². The van der Waals surface area contributed by atoms with Crippen molar-refractivity contribution >= 4 is 6.03 Å². The van der Waals surface area contributed by atoms with E-state index in [4.69, 9.17) is 4.74 Å². The SMILES string of the molecule is CO[C@@H](CNC(=O)N1CCC[C@@H]1c1cnn(C)c1)c1ccccc1. The van der Waals surface area contributed by atoms with Gasteiger partial charge >= 0.3 is 6.03 Å². The predicted molar refractivity (Wildman–Crippen MR) is 91.5 cm³/mol. The van der Waals surface area contributed by atoms with Crippen LogP contribution in [0.2, 0.25) is 0 Å². The van der Waals surface area contributed by atoms with Gasteiger partial charge in [-0.25, -0.2) is 4.79 Å². The van der Waals surface area contributed by atoms with Crippen LogP contribution in [0.15, 0.2) is 42.7 Å². The molecule has 128 valence electrons. The van der Waals surface area contributed by atoms with Crippen LogP contribution in [0.3, 0.4) is 0 Å². The van der Waals surface area contributed by atoms with E-state index in [2.05, 4.69) is 10.4 Å². The Morgan fingerprint density at radius 3 is 2.88 bits per heavy atom. The number of hydrogen-bond acceptors (Lipinski definition) is 3. The van der Waals surface area contributed by atoms with E-state index in [0.29, 0.717) is 6.54 Å². The molecule has 0 radical (unpaired) electrons. The number of amides is 2. The molecule has 0 bridgehead atoms. The monoisotopic (exact) mass is 328 g/mol. The molecular formula is C18H24N4O2. The molecule has 24 heavy (non-hydrogen) atoms. The summed E-state index contributed by atoms with van der Waals surface area (Å²) in [5.41, 5.74) is 2.15. The van der Waals surface area contributed by atoms with Gasteiger partial charge < -0.3 is 15.0 Å². The summed E-state index contributed by atoms with van der Waals surface area (Å²) in [5, 5.41) is 7.24. The summed E-state index contributed by atoms with van der Waals surface area (Å²) in [6.07, 6.45) is 5.68. The minimum atomic E-state index is -0.144. The highest BCUT2D eigenvalue weighted by Gasteiger charge is 2.31. The lowest BCUT2D eigenvalue weighted by Crippen LogP contribution is -2.41. The summed E-state index contributed by atoms with van der Waals surface area (Å²) >= 11 is 0. The molecule has 2 aromatic rings. The molecule has 3 rings (SSSR count). The van der Waals surface area contributed by atoms with E-state index in [-0.39, 0.29) is 18.2 Å². The van der Waals surface area contributed by atoms with E-state index in [1.54, 1.807) is 11.8 Å². The van der Waals surface area contributed by atoms with Gasteiger partial charge in [-0.05, 0) is 18.4 Å². The van der Waals surface area contributed by atoms with E-state index in [1.807, 2.05) is 54.7 Å². The lowest BCUT2D eigenvalue weighted by molar-refractivity contribution is 0.101. The molecule has 0 saturated carbocycles. The first-order valence-corrected chi connectivity index (χ1v) is 8.30. The van der Waals surface area contributed by atoms with Gasteiger partial charge in [0.15, 0.2) is 0 Å². The van der Waals surface area contributed by atoms with E-state index in [0.717, 1.165) is 30.5 Å². The van der Waals surface area contributed by atoms with Crippen molar-refractivity contribution in [3.8, 4) is 0 Å². The van der Waals surface area contributed by atoms with Gasteiger partial charge in [-0.2, -0.15) is 5.10 Å². The van der Waals surface area contributed by atoms with Gasteiger partial charge in [0.2, 0.25) is 0 Å². The molecule has 0 spiro atoms. The minimum Gasteiger partial charge on any atom is -0.375 e. The van der Waals surface area contributed by atoms with Crippen LogP contribution in [0, 0.1) is 0 Å². The van der Waals surface area contributed by atoms with Crippen LogP contribution in [-0.2, 0) is 11.8 Å². The van der Waals surface area contributed by atoms with Gasteiger partial charge in [0.05, 0.1) is 18.3 Å². The van der Waals surface area contributed by atoms with E-state index >= 15 is 0 Å². The average Bonchev–Trinajstić information content (AvgIpc) is 3.25. The Kier molecular flexibility index (Phi) is 5.15. The van der Waals surface area contributed by atoms with Crippen LogP contribution in [0.25, 0.3) is 0 Å². The number of aryl methyl sites for hydroxylation is 1. The number of urea groups is 1. The molecule has 1 aromatic carbocycles. The summed E-state index contributed by atoms with van der Waals surface area (Å²) in [5.74, 6) is 0. The molecule has 2 atom stereocenters. The van der Waals surface area contributed by atoms with Crippen LogP contribution >= 0.6 is 0 Å². The molecule has 2 amide bonds. The fourth-order valence-corrected chi connectivity index (χ4v) is 3.26. The second-order valence-electron chi connectivity index (χ2n) is 6.12. The number of carbonyl (C=O) groups excluding carboxylic acids is 1. The maximum atomic E-state index is 12.6. The third kappa shape index (κ3) is 3.59. The number of aromatic nitrogens is 2. The molecule has 1 fully saturated rings. The van der Waals surface area contributed by atoms with Crippen molar-refractivity contribution < 1.29 is 9.53 Å². The summed E-state index contributed by atoms with van der Waals surface area (Å²) in [4.78, 5) is 14.5. The normalized spacial score (nSPS) is 18.6. The first kappa shape index (κ1) is 16.5. The van der Waals surface area contributed by atoms with E-state index in [9.17, 15) is 4.79 Å². The van der Waals surface area contributed by atoms with Gasteiger partial charge in [0.25, 0.3) is 0 Å². The van der Waals surface area contributed by atoms with Gasteiger partial charge in [-0.3, -0.25) is 4.68 Å². The fourth-order valence-electron chi connectivity index (χ4n) is 3.26. The van der Waals surface area contributed by atoms with Gasteiger partial charge in [0, 0.05) is 39.0 Å². The van der Waals surface area contributed by atoms with Crippen molar-refractivity contribution in [3.05, 3.63) is 53.9 Å². The molecule has 1 aromatic heterocycles. The Morgan fingerprint density at radius 1 is 1.42 bits per heavy atom. The lowest BCUT2D eigenvalue weighted by atomic mass is 10.1. The number of benzene rings is 1. The summed E-state index contributed by atoms with van der Waals surface area (Å²) in [6, 6.07) is 10.0. The average molecular weight is 328 g/mol. The number of hydrogen-bond donors (Lipinski definition) is 1. The zero-order valence-corrected chi connectivity index (χ0v) is 14.2. The van der Waals surface area contributed by atoms with Crippen LogP contribution in [0.5, 0.6) is 0 Å². The zero-order valence-electron chi connectivity index (χ0n) is 14.2. The Balaban J connectivity index is 1.61. The molecule has 6 heteroatoms. The van der Waals surface area contributed by atoms with Crippen LogP contribution in [0.4, 0.5) is 4.79 Å². The number of ether oxygens (including phenoxy) is 1. The molecule has 2 heterocycles. The van der Waals surface area contributed by atoms with Gasteiger partial charge in [0.1, 0.15) is 0 Å². The van der Waals surface area contributed by atoms with E-state index < -0.39 is 0 Å². The number of carbonyl (C=O) groups is 1. The quantitative estimate of drug-likeness (QED) is 0.918. The standard InChI is InChI=1S/C18H24N4O2/c1-21-13-15(11-20-21)16-9-6-10-22(16)18(23)19-12-17(24-2)14-7-4-3-5-8-14/h3-5,7-8,11,13,16-17H,6,9-10,12H2,1-2H3,(H,19,23)/t16-,17+/m1/s1. The Labute approximate surface area is 142 Å². The van der Waals surface area contributed by atoms with Crippen LogP contribution < -0.4 is 5.32 Å². The topological polar surface area (TPSA) is 59.4 Å². The molecule has 1 N–H and O–H groups in total. The van der Waals surface area contributed by atoms with Crippen molar-refractivity contribution in [3.63, 3.8) is 0 Å². The van der Waals surface area contributed by atoms with Crippen molar-refractivity contribution in [2.24, 2.45) is 7.05 Å². The second kappa shape index (κ2) is 7.49. The number of methoxy groups -OCH3 is 1. The molecular weight excluding hydrogens is 304 g/mol. The number of rotatable bonds is 5. The number of nitrogens with zero attached hydrogens (tertiary/aromatic N) is 3. The number of nitrogens with one attached hydrogen (secondary N) is 1. The molecule has 1 aliphatic heterocycles. The van der Waals surface area contributed by atoms with Crippen molar-refractivity contribution in [1.82, 2.24) is 20.0 Å². The smallest absolute Gasteiger partial charge is 0.318 e. The molecule has 6 nitrogen and oxygen atoms in total. The molecule has 0 aliphatic carbocycles. The minimum absolute atomic E-state index is 0.0423. The van der Waals surface area contributed by atoms with Crippen molar-refractivity contribution in [2.45, 2.75) is 25.0 Å². The van der Waals surface area contributed by atoms with Gasteiger partial charge in [-0.15, -0.1) is 0 Å². The summed E-state index contributed by atoms with van der Waals surface area (Å²) < 4.78 is 7.30. The van der Waals surface area contributed by atoms with Crippen LogP contribution in [-0.4, -0.2) is 40.9 Å². The highest BCUT2D eigenvalue weighted by Crippen LogP contribution is 2.31. The Morgan fingerprint density at radius 2 is 2.21 bits per heavy atom. The summed E-state index contributed by atoms with van der Waals surface area (Å²) in [6.45, 7) is 1.23. The maximum absolute atomic E-state index is 12.6. The highest BCUT2D eigenvalue weighted by molar-refractivity contribution is 5.75. The third-order valence-corrected chi connectivity index (χ3v) is 4.52. The molecule has 0 unspecified atom stereocenters. The molecule has 1 aliphatic rings. The first-order valence-electron chi connectivity index (χ1n) is 8.30. The Bertz CT molecular complexity index is 671. The first-order chi connectivity index (χ1) is 11.7. The predicted octanol–water partition coefficient (Wildman–Crippen LogP) is 2.65. The molecule has 1 saturated heterocycles. The second-order valence-corrected chi connectivity index (χ2v) is 6.12. The maximum Gasteiger partial charge on any atom is 0.318 e.